The van der Waals surface area contributed by atoms with E-state index in [9.17, 15) is 4.79 Å². The van der Waals surface area contributed by atoms with E-state index >= 15 is 0 Å². The van der Waals surface area contributed by atoms with Gasteiger partial charge in [-0.2, -0.15) is 0 Å². The standard InChI is InChI=1S/C18H18N2O3S/c1-3-22-17(21)14-9-10-23-16(14)12-24-18-19-11-15(20(18)2)13-7-5-4-6-8-13/h4-11H,3,12H2,1-2H3. The first-order valence-corrected chi connectivity index (χ1v) is 8.62. The fourth-order valence-corrected chi connectivity index (χ4v) is 3.28. The molecule has 124 valence electrons. The third-order valence-electron chi connectivity index (χ3n) is 3.59. The SMILES string of the molecule is CCOC(=O)c1ccoc1CSc1ncc(-c2ccccc2)n1C. The minimum absolute atomic E-state index is 0.344. The molecule has 0 saturated carbocycles. The second-order valence-corrected chi connectivity index (χ2v) is 6.06. The van der Waals surface area contributed by atoms with Crippen LogP contribution in [0.2, 0.25) is 0 Å². The van der Waals surface area contributed by atoms with E-state index in [1.54, 1.807) is 13.0 Å². The number of carbonyl (C=O) groups is 1. The molecule has 2 aromatic heterocycles. The van der Waals surface area contributed by atoms with E-state index in [2.05, 4.69) is 17.1 Å². The highest BCUT2D eigenvalue weighted by molar-refractivity contribution is 7.98. The van der Waals surface area contributed by atoms with Gasteiger partial charge in [0, 0.05) is 7.05 Å². The van der Waals surface area contributed by atoms with Crippen molar-refractivity contribution in [1.29, 1.82) is 0 Å². The number of ether oxygens (including phenoxy) is 1. The first-order valence-electron chi connectivity index (χ1n) is 7.64. The average Bonchev–Trinajstić information content (AvgIpc) is 3.21. The van der Waals surface area contributed by atoms with Gasteiger partial charge in [-0.25, -0.2) is 9.78 Å². The number of thioether (sulfide) groups is 1. The van der Waals surface area contributed by atoms with Gasteiger partial charge in [0.25, 0.3) is 0 Å². The lowest BCUT2D eigenvalue weighted by atomic mass is 10.2. The quantitative estimate of drug-likeness (QED) is 0.497. The summed E-state index contributed by atoms with van der Waals surface area (Å²) in [5.41, 5.74) is 2.63. The van der Waals surface area contributed by atoms with Crippen LogP contribution in [0.25, 0.3) is 11.3 Å². The Morgan fingerprint density at radius 3 is 2.83 bits per heavy atom. The molecular weight excluding hydrogens is 324 g/mol. The summed E-state index contributed by atoms with van der Waals surface area (Å²) in [6.45, 7) is 2.13. The Labute approximate surface area is 144 Å². The highest BCUT2D eigenvalue weighted by atomic mass is 32.2. The lowest BCUT2D eigenvalue weighted by Crippen LogP contribution is -2.05. The van der Waals surface area contributed by atoms with Crippen LogP contribution in [0.3, 0.4) is 0 Å². The van der Waals surface area contributed by atoms with Gasteiger partial charge in [0.1, 0.15) is 11.3 Å². The van der Waals surface area contributed by atoms with Crippen molar-refractivity contribution in [2.45, 2.75) is 17.8 Å². The molecule has 0 atom stereocenters. The summed E-state index contributed by atoms with van der Waals surface area (Å²) in [6, 6.07) is 11.7. The smallest absolute Gasteiger partial charge is 0.341 e. The van der Waals surface area contributed by atoms with Crippen LogP contribution in [0.1, 0.15) is 23.0 Å². The molecule has 0 fully saturated rings. The highest BCUT2D eigenvalue weighted by Crippen LogP contribution is 2.28. The molecule has 0 spiro atoms. The van der Waals surface area contributed by atoms with Crippen molar-refractivity contribution < 1.29 is 13.9 Å². The maximum absolute atomic E-state index is 11.9. The molecular formula is C18H18N2O3S. The van der Waals surface area contributed by atoms with E-state index in [0.717, 1.165) is 16.4 Å². The Morgan fingerprint density at radius 2 is 2.08 bits per heavy atom. The predicted octanol–water partition coefficient (Wildman–Crippen LogP) is 4.15. The fourth-order valence-electron chi connectivity index (χ4n) is 2.38. The van der Waals surface area contributed by atoms with Gasteiger partial charge < -0.3 is 13.7 Å². The average molecular weight is 342 g/mol. The molecule has 0 saturated heterocycles. The van der Waals surface area contributed by atoms with Crippen LogP contribution in [0.4, 0.5) is 0 Å². The molecule has 3 rings (SSSR count). The van der Waals surface area contributed by atoms with E-state index in [-0.39, 0.29) is 5.97 Å². The van der Waals surface area contributed by atoms with E-state index in [1.165, 1.54) is 18.0 Å². The van der Waals surface area contributed by atoms with Crippen molar-refractivity contribution in [2.75, 3.05) is 6.61 Å². The summed E-state index contributed by atoms with van der Waals surface area (Å²) in [6.07, 6.45) is 3.36. The van der Waals surface area contributed by atoms with Gasteiger partial charge in [0.2, 0.25) is 0 Å². The van der Waals surface area contributed by atoms with Crippen LogP contribution in [-0.4, -0.2) is 22.1 Å². The van der Waals surface area contributed by atoms with Crippen LogP contribution in [0, 0.1) is 0 Å². The molecule has 24 heavy (non-hydrogen) atoms. The molecule has 6 heteroatoms. The number of furan rings is 1. The molecule has 0 N–H and O–H groups in total. The molecule has 0 aliphatic carbocycles. The minimum atomic E-state index is -0.355. The molecule has 0 radical (unpaired) electrons. The minimum Gasteiger partial charge on any atom is -0.468 e. The lowest BCUT2D eigenvalue weighted by Gasteiger charge is -2.06. The summed E-state index contributed by atoms with van der Waals surface area (Å²) < 4.78 is 12.5. The van der Waals surface area contributed by atoms with Crippen LogP contribution < -0.4 is 0 Å². The molecule has 0 aliphatic rings. The number of carbonyl (C=O) groups excluding carboxylic acids is 1. The van der Waals surface area contributed by atoms with Crippen molar-refractivity contribution in [3.8, 4) is 11.3 Å². The molecule has 0 amide bonds. The van der Waals surface area contributed by atoms with Crippen molar-refractivity contribution in [1.82, 2.24) is 9.55 Å². The molecule has 5 nitrogen and oxygen atoms in total. The maximum atomic E-state index is 11.9. The highest BCUT2D eigenvalue weighted by Gasteiger charge is 2.17. The van der Waals surface area contributed by atoms with Gasteiger partial charge in [-0.1, -0.05) is 42.1 Å². The molecule has 0 bridgehead atoms. The number of aromatic nitrogens is 2. The van der Waals surface area contributed by atoms with Crippen LogP contribution in [0.5, 0.6) is 0 Å². The van der Waals surface area contributed by atoms with E-state index in [0.29, 0.717) is 23.7 Å². The summed E-state index contributed by atoms with van der Waals surface area (Å²) in [5, 5.41) is 0.861. The Morgan fingerprint density at radius 1 is 1.29 bits per heavy atom. The summed E-state index contributed by atoms with van der Waals surface area (Å²) in [5.74, 6) is 0.759. The zero-order valence-electron chi connectivity index (χ0n) is 13.6. The third kappa shape index (κ3) is 3.38. The number of imidazole rings is 1. The topological polar surface area (TPSA) is 57.3 Å². The number of hydrogen-bond acceptors (Lipinski definition) is 5. The second-order valence-electron chi connectivity index (χ2n) is 5.12. The zero-order valence-corrected chi connectivity index (χ0v) is 14.4. The Balaban J connectivity index is 1.74. The fraction of sp³-hybridized carbons (Fsp3) is 0.222. The monoisotopic (exact) mass is 342 g/mol. The van der Waals surface area contributed by atoms with E-state index < -0.39 is 0 Å². The largest absolute Gasteiger partial charge is 0.468 e. The Hall–Kier alpha value is -2.47. The number of nitrogens with zero attached hydrogens (tertiary/aromatic N) is 2. The van der Waals surface area contributed by atoms with Crippen molar-refractivity contribution in [3.63, 3.8) is 0 Å². The number of rotatable bonds is 6. The van der Waals surface area contributed by atoms with Gasteiger partial charge in [-0.15, -0.1) is 0 Å². The molecule has 3 aromatic rings. The van der Waals surface area contributed by atoms with Crippen molar-refractivity contribution >= 4 is 17.7 Å². The number of esters is 1. The first-order chi connectivity index (χ1) is 11.7. The number of benzene rings is 1. The van der Waals surface area contributed by atoms with Crippen LogP contribution in [-0.2, 0) is 17.5 Å². The Bertz CT molecular complexity index is 824. The lowest BCUT2D eigenvalue weighted by molar-refractivity contribution is 0.0524. The van der Waals surface area contributed by atoms with E-state index in [1.807, 2.05) is 36.0 Å². The molecule has 2 heterocycles. The van der Waals surface area contributed by atoms with Gasteiger partial charge in [-0.3, -0.25) is 0 Å². The van der Waals surface area contributed by atoms with Crippen LogP contribution in [0.15, 0.2) is 58.4 Å². The normalized spacial score (nSPS) is 10.8. The first kappa shape index (κ1) is 16.4. The van der Waals surface area contributed by atoms with Gasteiger partial charge in [0.05, 0.1) is 30.5 Å². The van der Waals surface area contributed by atoms with Crippen molar-refractivity contribution in [3.05, 3.63) is 60.2 Å². The van der Waals surface area contributed by atoms with Gasteiger partial charge in [0.15, 0.2) is 5.16 Å². The Kier molecular flexibility index (Phi) is 5.05. The maximum Gasteiger partial charge on any atom is 0.341 e. The third-order valence-corrected chi connectivity index (χ3v) is 4.63. The summed E-state index contributed by atoms with van der Waals surface area (Å²) in [4.78, 5) is 16.4. The summed E-state index contributed by atoms with van der Waals surface area (Å²) >= 11 is 1.52. The van der Waals surface area contributed by atoms with Crippen LogP contribution >= 0.6 is 11.8 Å². The van der Waals surface area contributed by atoms with Crippen molar-refractivity contribution in [2.24, 2.45) is 7.05 Å². The predicted molar refractivity (Wildman–Crippen MR) is 92.9 cm³/mol. The second kappa shape index (κ2) is 7.40. The van der Waals surface area contributed by atoms with E-state index in [4.69, 9.17) is 9.15 Å². The van der Waals surface area contributed by atoms with Gasteiger partial charge >= 0.3 is 5.97 Å². The summed E-state index contributed by atoms with van der Waals surface area (Å²) in [7, 11) is 1.98. The van der Waals surface area contributed by atoms with Gasteiger partial charge in [-0.05, 0) is 18.6 Å². The molecule has 0 aliphatic heterocycles. The zero-order chi connectivity index (χ0) is 16.9. The molecule has 1 aromatic carbocycles. The number of hydrogen-bond donors (Lipinski definition) is 0. The molecule has 0 unspecified atom stereocenters.